The Balaban J connectivity index is 1.65. The summed E-state index contributed by atoms with van der Waals surface area (Å²) < 4.78 is 11.1. The highest BCUT2D eigenvalue weighted by Crippen LogP contribution is 2.39. The highest BCUT2D eigenvalue weighted by molar-refractivity contribution is 6.14. The number of nitro benzene ring substituents is 1. The molecule has 5 rings (SSSR count). The van der Waals surface area contributed by atoms with Gasteiger partial charge in [-0.15, -0.1) is 0 Å². The zero-order valence-corrected chi connectivity index (χ0v) is 15.8. The maximum atomic E-state index is 12.9. The summed E-state index contributed by atoms with van der Waals surface area (Å²) >= 11 is 0. The topological polar surface area (TPSA) is 94.3 Å². The van der Waals surface area contributed by atoms with Crippen LogP contribution < -0.4 is 9.47 Å². The van der Waals surface area contributed by atoms with E-state index in [4.69, 9.17) is 14.6 Å². The zero-order chi connectivity index (χ0) is 20.1. The van der Waals surface area contributed by atoms with Crippen molar-refractivity contribution < 1.29 is 19.2 Å². The molecule has 8 nitrogen and oxygen atoms in total. The summed E-state index contributed by atoms with van der Waals surface area (Å²) in [6.07, 6.45) is 2.42. The van der Waals surface area contributed by atoms with Gasteiger partial charge in [0.05, 0.1) is 16.7 Å². The number of hydrogen-bond acceptors (Lipinski definition) is 6. The highest BCUT2D eigenvalue weighted by atomic mass is 16.7. The van der Waals surface area contributed by atoms with E-state index in [-0.39, 0.29) is 30.3 Å². The SMILES string of the molecule is CC1Cc2cc3c(cc2C(c2ccc([N+](=O)[O-])cc2)=NN1C(=O)C1CC1)OCO3. The van der Waals surface area contributed by atoms with Crippen molar-refractivity contribution in [2.45, 2.75) is 32.2 Å². The van der Waals surface area contributed by atoms with Crippen LogP contribution in [0.4, 0.5) is 5.69 Å². The number of rotatable bonds is 3. The number of carbonyl (C=O) groups excluding carboxylic acids is 1. The van der Waals surface area contributed by atoms with Crippen molar-refractivity contribution in [2.75, 3.05) is 6.79 Å². The van der Waals surface area contributed by atoms with Gasteiger partial charge in [-0.25, -0.2) is 5.01 Å². The van der Waals surface area contributed by atoms with Crippen LogP contribution in [0.25, 0.3) is 0 Å². The van der Waals surface area contributed by atoms with Crippen molar-refractivity contribution in [3.8, 4) is 11.5 Å². The first-order valence-corrected chi connectivity index (χ1v) is 9.60. The van der Waals surface area contributed by atoms with E-state index in [1.165, 1.54) is 12.1 Å². The van der Waals surface area contributed by atoms with E-state index in [9.17, 15) is 14.9 Å². The standard InChI is InChI=1S/C21H19N3O5/c1-12-8-15-9-18-19(29-11-28-18)10-17(15)20(22-23(12)21(25)14-2-3-14)13-4-6-16(7-5-13)24(26)27/h4-7,9-10,12,14H,2-3,8,11H2,1H3. The van der Waals surface area contributed by atoms with Gasteiger partial charge in [0.15, 0.2) is 11.5 Å². The minimum absolute atomic E-state index is 0.00756. The Morgan fingerprint density at radius 1 is 1.17 bits per heavy atom. The van der Waals surface area contributed by atoms with Crippen LogP contribution in [0.3, 0.4) is 0 Å². The summed E-state index contributed by atoms with van der Waals surface area (Å²) in [6.45, 7) is 2.15. The molecule has 0 spiro atoms. The number of hydrogen-bond donors (Lipinski definition) is 0. The lowest BCUT2D eigenvalue weighted by molar-refractivity contribution is -0.384. The third-order valence-electron chi connectivity index (χ3n) is 5.50. The lowest BCUT2D eigenvalue weighted by Crippen LogP contribution is -2.36. The van der Waals surface area contributed by atoms with Crippen molar-refractivity contribution in [3.63, 3.8) is 0 Å². The molecule has 1 amide bonds. The fraction of sp³-hybridized carbons (Fsp3) is 0.333. The van der Waals surface area contributed by atoms with E-state index in [1.54, 1.807) is 17.1 Å². The van der Waals surface area contributed by atoms with E-state index in [2.05, 4.69) is 0 Å². The van der Waals surface area contributed by atoms with Crippen LogP contribution in [0.15, 0.2) is 41.5 Å². The number of carbonyl (C=O) groups is 1. The molecule has 2 heterocycles. The molecule has 148 valence electrons. The fourth-order valence-electron chi connectivity index (χ4n) is 3.78. The van der Waals surface area contributed by atoms with Gasteiger partial charge in [-0.3, -0.25) is 14.9 Å². The molecule has 1 aliphatic carbocycles. The quantitative estimate of drug-likeness (QED) is 0.589. The second kappa shape index (κ2) is 6.58. The Bertz CT molecular complexity index is 1040. The molecule has 1 saturated carbocycles. The van der Waals surface area contributed by atoms with Gasteiger partial charge >= 0.3 is 0 Å². The first-order chi connectivity index (χ1) is 14.0. The van der Waals surface area contributed by atoms with Crippen LogP contribution in [0, 0.1) is 16.0 Å². The van der Waals surface area contributed by atoms with Crippen molar-refractivity contribution in [2.24, 2.45) is 11.0 Å². The Kier molecular flexibility index (Phi) is 4.01. The molecule has 0 N–H and O–H groups in total. The molecule has 0 radical (unpaired) electrons. The highest BCUT2D eigenvalue weighted by Gasteiger charge is 2.37. The molecule has 0 aromatic heterocycles. The number of benzene rings is 2. The van der Waals surface area contributed by atoms with Crippen LogP contribution in [0.2, 0.25) is 0 Å². The smallest absolute Gasteiger partial charge is 0.269 e. The number of non-ortho nitro benzene ring substituents is 1. The van der Waals surface area contributed by atoms with E-state index in [1.807, 2.05) is 19.1 Å². The number of nitro groups is 1. The molecule has 2 aromatic carbocycles. The van der Waals surface area contributed by atoms with Gasteiger partial charge in [-0.2, -0.15) is 5.10 Å². The molecule has 2 aliphatic heterocycles. The van der Waals surface area contributed by atoms with Gasteiger partial charge in [-0.1, -0.05) is 0 Å². The predicted molar refractivity (Wildman–Crippen MR) is 104 cm³/mol. The maximum absolute atomic E-state index is 12.9. The summed E-state index contributed by atoms with van der Waals surface area (Å²) in [5, 5.41) is 17.4. The van der Waals surface area contributed by atoms with Gasteiger partial charge in [0.25, 0.3) is 5.69 Å². The van der Waals surface area contributed by atoms with Gasteiger partial charge < -0.3 is 9.47 Å². The second-order valence-electron chi connectivity index (χ2n) is 7.63. The predicted octanol–water partition coefficient (Wildman–Crippen LogP) is 3.26. The van der Waals surface area contributed by atoms with Crippen LogP contribution in [-0.2, 0) is 11.2 Å². The van der Waals surface area contributed by atoms with Crippen molar-refractivity contribution >= 4 is 17.3 Å². The van der Waals surface area contributed by atoms with Crippen molar-refractivity contribution in [1.29, 1.82) is 0 Å². The van der Waals surface area contributed by atoms with E-state index in [0.29, 0.717) is 29.2 Å². The largest absolute Gasteiger partial charge is 0.454 e. The summed E-state index contributed by atoms with van der Waals surface area (Å²) in [5.74, 6) is 1.39. The van der Waals surface area contributed by atoms with E-state index < -0.39 is 4.92 Å². The molecular formula is C21H19N3O5. The van der Waals surface area contributed by atoms with Gasteiger partial charge in [-0.05, 0) is 56.0 Å². The van der Waals surface area contributed by atoms with Crippen LogP contribution in [0.1, 0.15) is 36.5 Å². The van der Waals surface area contributed by atoms with Gasteiger partial charge in [0, 0.05) is 29.2 Å². The number of ether oxygens (including phenoxy) is 2. The third kappa shape index (κ3) is 3.10. The van der Waals surface area contributed by atoms with Gasteiger partial charge in [0.2, 0.25) is 12.7 Å². The fourth-order valence-corrected chi connectivity index (χ4v) is 3.78. The summed E-state index contributed by atoms with van der Waals surface area (Å²) in [7, 11) is 0. The third-order valence-corrected chi connectivity index (χ3v) is 5.50. The average molecular weight is 393 g/mol. The number of amides is 1. The molecule has 1 atom stereocenters. The Labute approximate surface area is 166 Å². The van der Waals surface area contributed by atoms with Gasteiger partial charge in [0.1, 0.15) is 0 Å². The first-order valence-electron chi connectivity index (χ1n) is 9.60. The normalized spacial score (nSPS) is 20.0. The molecule has 0 saturated heterocycles. The van der Waals surface area contributed by atoms with Crippen LogP contribution >= 0.6 is 0 Å². The van der Waals surface area contributed by atoms with Crippen LogP contribution in [0.5, 0.6) is 11.5 Å². The number of hydrazone groups is 1. The van der Waals surface area contributed by atoms with Crippen LogP contribution in [-0.4, -0.2) is 34.4 Å². The molecule has 29 heavy (non-hydrogen) atoms. The molecule has 3 aliphatic rings. The number of fused-ring (bicyclic) bond motifs is 2. The Morgan fingerprint density at radius 3 is 2.52 bits per heavy atom. The molecule has 1 unspecified atom stereocenters. The average Bonchev–Trinajstić information content (AvgIpc) is 3.48. The summed E-state index contributed by atoms with van der Waals surface area (Å²) in [6, 6.07) is 9.95. The lowest BCUT2D eigenvalue weighted by Gasteiger charge is -2.23. The Hall–Kier alpha value is -3.42. The van der Waals surface area contributed by atoms with Crippen molar-refractivity contribution in [1.82, 2.24) is 5.01 Å². The molecule has 2 aromatic rings. The van der Waals surface area contributed by atoms with E-state index in [0.717, 1.165) is 24.0 Å². The second-order valence-corrected chi connectivity index (χ2v) is 7.63. The first kappa shape index (κ1) is 17.7. The molecule has 1 fully saturated rings. The minimum Gasteiger partial charge on any atom is -0.454 e. The minimum atomic E-state index is -0.435. The zero-order valence-electron chi connectivity index (χ0n) is 15.8. The summed E-state index contributed by atoms with van der Waals surface area (Å²) in [4.78, 5) is 23.5. The lowest BCUT2D eigenvalue weighted by atomic mass is 9.94. The van der Waals surface area contributed by atoms with E-state index >= 15 is 0 Å². The molecule has 8 heteroatoms. The van der Waals surface area contributed by atoms with Crippen molar-refractivity contribution in [3.05, 3.63) is 63.2 Å². The molecule has 0 bridgehead atoms. The maximum Gasteiger partial charge on any atom is 0.269 e. The number of nitrogens with zero attached hydrogens (tertiary/aromatic N) is 3. The Morgan fingerprint density at radius 2 is 1.86 bits per heavy atom. The molecular weight excluding hydrogens is 374 g/mol. The monoisotopic (exact) mass is 393 g/mol. The summed E-state index contributed by atoms with van der Waals surface area (Å²) in [5.41, 5.74) is 3.17.